The van der Waals surface area contributed by atoms with E-state index in [1.54, 1.807) is 46.7 Å². The van der Waals surface area contributed by atoms with Crippen LogP contribution in [0.15, 0.2) is 267 Å². The molecule has 0 saturated carbocycles. The molecular weight excluding hydrogens is 1030 g/mol. The molecule has 2 aliphatic carbocycles. The summed E-state index contributed by atoms with van der Waals surface area (Å²) in [6.07, 6.45) is 20.0. The van der Waals surface area contributed by atoms with Crippen molar-refractivity contribution in [1.29, 1.82) is 0 Å². The zero-order chi connectivity index (χ0) is 44.0. The van der Waals surface area contributed by atoms with Crippen LogP contribution in [0.3, 0.4) is 0 Å². The van der Waals surface area contributed by atoms with Crippen molar-refractivity contribution in [2.24, 2.45) is 0 Å². The Morgan fingerprint density at radius 1 is 0.318 bits per heavy atom. The van der Waals surface area contributed by atoms with E-state index in [-0.39, 0.29) is 24.8 Å². The van der Waals surface area contributed by atoms with Crippen LogP contribution in [0.1, 0.15) is 12.8 Å². The van der Waals surface area contributed by atoms with Crippen molar-refractivity contribution in [1.82, 2.24) is 0 Å². The van der Waals surface area contributed by atoms with Crippen molar-refractivity contribution in [2.75, 3.05) is 0 Å². The van der Waals surface area contributed by atoms with Crippen molar-refractivity contribution in [3.8, 4) is 0 Å². The average Bonchev–Trinajstić information content (AvgIpc) is 4.25. The van der Waals surface area contributed by atoms with Gasteiger partial charge in [-0.05, 0) is 0 Å². The van der Waals surface area contributed by atoms with Gasteiger partial charge in [0, 0.05) is 0 Å². The largest absolute Gasteiger partial charge is 0.126 e. The molecule has 2 aliphatic rings. The second-order valence-corrected chi connectivity index (χ2v) is 26.0. The summed E-state index contributed by atoms with van der Waals surface area (Å²) in [5, 5.41) is 16.8. The number of hydrogen-bond acceptors (Lipinski definition) is 0. The summed E-state index contributed by atoms with van der Waals surface area (Å²) in [5.74, 6) is 0. The maximum absolute atomic E-state index is 2.99. The molecule has 10 aromatic carbocycles. The number of allylic oxidation sites excluding steroid dienone is 8. The smallest absolute Gasteiger partial charge is 0.0771 e. The fourth-order valence-electron chi connectivity index (χ4n) is 7.24. The minimum Gasteiger partial charge on any atom is -0.126 e. The number of halogens is 2. The van der Waals surface area contributed by atoms with Crippen LogP contribution >= 0.6 is 0 Å². The van der Waals surface area contributed by atoms with Gasteiger partial charge in [0.25, 0.3) is 0 Å². The van der Waals surface area contributed by atoms with E-state index in [2.05, 4.69) is 255 Å². The Hall–Kier alpha value is -4.76. The normalized spacial score (nSPS) is 11.2. The average molecular weight is 1080 g/mol. The molecule has 66 heavy (non-hydrogen) atoms. The molecule has 0 unspecified atom stereocenters. The summed E-state index contributed by atoms with van der Waals surface area (Å²) in [7, 11) is 0. The molecule has 10 aromatic rings. The van der Waals surface area contributed by atoms with Crippen LogP contribution in [0.5, 0.6) is 0 Å². The Morgan fingerprint density at radius 2 is 0.545 bits per heavy atom. The Kier molecular flexibility index (Phi) is 23.0. The Morgan fingerprint density at radius 3 is 0.742 bits per heavy atom. The number of fused-ring (bicyclic) bond motifs is 6. The summed E-state index contributed by atoms with van der Waals surface area (Å²) in [6.45, 7) is 0. The second-order valence-electron chi connectivity index (χ2n) is 14.9. The van der Waals surface area contributed by atoms with E-state index >= 15 is 0 Å². The number of rotatable bonds is 4. The maximum atomic E-state index is 2.99. The fraction of sp³-hybridized carbons (Fsp3) is 0.0333. The quantitative estimate of drug-likeness (QED) is 0.136. The molecular formula is C60H48Cl2Si2Zr2-2. The van der Waals surface area contributed by atoms with Crippen molar-refractivity contribution >= 4 is 74.7 Å². The third-order valence-electron chi connectivity index (χ3n) is 10.5. The summed E-state index contributed by atoms with van der Waals surface area (Å²) in [4.78, 5) is 0. The standard InChI is InChI=1S/2C13H9.2C12H10Si.2C5H5.2ClH.2Zr/c2*1-3-7-12-10(5-1)9-11-6-2-4-8-13(11)12;2*1-3-7-11(8-4-1)13-12-9-5-2-6-10-12;2*1-2-4-5-3-1;;;;/h2*1-9H;2*1-10H;2*1-3H,4H2;2*1H;;/q2*-1;;;2*-1;;;2*+2/p-2. The van der Waals surface area contributed by atoms with Crippen LogP contribution in [0.4, 0.5) is 0 Å². The van der Waals surface area contributed by atoms with Crippen LogP contribution < -0.4 is 45.6 Å². The first-order valence-electron chi connectivity index (χ1n) is 21.5. The van der Waals surface area contributed by atoms with Crippen molar-refractivity contribution in [2.45, 2.75) is 12.8 Å². The van der Waals surface area contributed by atoms with Gasteiger partial charge in [0.1, 0.15) is 0 Å². The molecule has 0 atom stereocenters. The van der Waals surface area contributed by atoms with Crippen LogP contribution in [0.25, 0.3) is 43.1 Å². The van der Waals surface area contributed by atoms with Gasteiger partial charge in [0.15, 0.2) is 0 Å². The van der Waals surface area contributed by atoms with Gasteiger partial charge in [0.2, 0.25) is 0 Å². The molecule has 0 nitrogen and oxygen atoms in total. The van der Waals surface area contributed by atoms with Crippen molar-refractivity contribution < 1.29 is 71.5 Å². The van der Waals surface area contributed by atoms with Crippen molar-refractivity contribution in [3.63, 3.8) is 0 Å². The first-order chi connectivity index (χ1) is 31.7. The van der Waals surface area contributed by atoms with Gasteiger partial charge in [-0.1, -0.05) is 72.8 Å². The Bertz CT molecular complexity index is 2710. The molecule has 0 bridgehead atoms. The molecule has 320 valence electrons. The van der Waals surface area contributed by atoms with Gasteiger partial charge in [-0.25, -0.2) is 24.3 Å². The SMILES string of the molecule is [C-]1=CC=CC1.[C-]1=CC=CC1.[Cl-].[Cl-].[Zr+2]=[Si](c1ccccc1)c1ccccc1.[Zr+2]=[Si](c1ccccc1)c1ccccc1.c1ccc2c(c1)[cH-]c1ccccc12.c1ccc2c(c1)[cH-]c1ccccc12. The van der Waals surface area contributed by atoms with E-state index in [0.29, 0.717) is 0 Å². The number of hydrogen-bond donors (Lipinski definition) is 0. The van der Waals surface area contributed by atoms with Gasteiger partial charge in [0.05, 0.1) is 0 Å². The zero-order valence-corrected chi connectivity index (χ0v) is 45.0. The fourth-order valence-corrected chi connectivity index (χ4v) is 14.9. The molecule has 0 aromatic heterocycles. The van der Waals surface area contributed by atoms with E-state index in [1.807, 2.05) is 24.3 Å². The van der Waals surface area contributed by atoms with E-state index in [9.17, 15) is 0 Å². The molecule has 6 heteroatoms. The molecule has 0 amide bonds. The second kappa shape index (κ2) is 29.1. The Labute approximate surface area is 433 Å². The molecule has 0 heterocycles. The van der Waals surface area contributed by atoms with Gasteiger partial charge in [-0.15, -0.1) is 92.3 Å². The predicted molar refractivity (Wildman–Crippen MR) is 273 cm³/mol. The molecule has 0 N–H and O–H groups in total. The van der Waals surface area contributed by atoms with Crippen molar-refractivity contribution in [3.05, 3.63) is 279 Å². The van der Waals surface area contributed by atoms with E-state index in [4.69, 9.17) is 0 Å². The monoisotopic (exact) mass is 1070 g/mol. The van der Waals surface area contributed by atoms with Crippen LogP contribution in [-0.4, -0.2) is 10.9 Å². The molecule has 0 fully saturated rings. The first kappa shape index (κ1) is 52.2. The van der Waals surface area contributed by atoms with E-state index in [0.717, 1.165) is 12.8 Å². The summed E-state index contributed by atoms with van der Waals surface area (Å²) < 4.78 is 0. The molecule has 0 spiro atoms. The molecule has 0 radical (unpaired) electrons. The van der Waals surface area contributed by atoms with E-state index in [1.165, 1.54) is 63.8 Å². The predicted octanol–water partition coefficient (Wildman–Crippen LogP) is 6.72. The van der Waals surface area contributed by atoms with Gasteiger partial charge in [-0.2, -0.15) is 12.2 Å². The summed E-state index contributed by atoms with van der Waals surface area (Å²) >= 11 is 3.29. The zero-order valence-electron chi connectivity index (χ0n) is 36.6. The van der Waals surface area contributed by atoms with Crippen LogP contribution in [0.2, 0.25) is 0 Å². The van der Waals surface area contributed by atoms with Crippen LogP contribution in [0, 0.1) is 12.2 Å². The van der Waals surface area contributed by atoms with Gasteiger partial charge < -0.3 is 24.8 Å². The summed E-state index contributed by atoms with van der Waals surface area (Å²) in [5.41, 5.74) is -0.910. The Balaban J connectivity index is 0.000000152. The third-order valence-corrected chi connectivity index (χ3v) is 22.6. The minimum absolute atomic E-state index is 0. The van der Waals surface area contributed by atoms with Gasteiger partial charge >= 0.3 is 200 Å². The van der Waals surface area contributed by atoms with Crippen LogP contribution in [-0.2, 0) is 46.7 Å². The maximum Gasteiger partial charge on any atom is -0.0771 e. The third kappa shape index (κ3) is 15.7. The topological polar surface area (TPSA) is 0 Å². The first-order valence-corrected chi connectivity index (χ1v) is 31.9. The molecule has 0 aliphatic heterocycles. The molecule has 0 saturated heterocycles. The van der Waals surface area contributed by atoms with Gasteiger partial charge in [-0.3, -0.25) is 12.2 Å². The number of benzene rings is 8. The molecule has 12 rings (SSSR count). The minimum atomic E-state index is -0.455. The summed E-state index contributed by atoms with van der Waals surface area (Å²) in [6, 6.07) is 81.9. The van der Waals surface area contributed by atoms with E-state index < -0.39 is 10.9 Å².